The maximum Gasteiger partial charge on any atom is 0.0471 e. The highest BCUT2D eigenvalue weighted by Gasteiger charge is 2.31. The first-order chi connectivity index (χ1) is 8.74. The number of hydrogen-bond acceptors (Lipinski definition) is 2. The molecule has 0 radical (unpaired) electrons. The van der Waals surface area contributed by atoms with Crippen molar-refractivity contribution in [3.05, 3.63) is 35.4 Å². The number of thioether (sulfide) groups is 1. The molecule has 2 rings (SSSR count). The van der Waals surface area contributed by atoms with Crippen LogP contribution in [-0.2, 0) is 10.5 Å². The fraction of sp³-hybridized carbons (Fsp3) is 0.600. The molecule has 0 aromatic heterocycles. The van der Waals surface area contributed by atoms with E-state index in [1.165, 1.54) is 29.7 Å². The fourth-order valence-corrected chi connectivity index (χ4v) is 4.67. The van der Waals surface area contributed by atoms with E-state index in [1.807, 2.05) is 0 Å². The molecule has 0 unspecified atom stereocenters. The Morgan fingerprint density at radius 2 is 2.11 bits per heavy atom. The Hall–Kier alpha value is 0.01000. The number of ether oxygens (including phenoxy) is 1. The minimum absolute atomic E-state index is 0.451. The third-order valence-corrected chi connectivity index (χ3v) is 6.14. The van der Waals surface area contributed by atoms with E-state index < -0.39 is 0 Å². The summed E-state index contributed by atoms with van der Waals surface area (Å²) < 4.78 is 5.48. The largest absolute Gasteiger partial charge is 0.381 e. The average molecular weight is 329 g/mol. The van der Waals surface area contributed by atoms with Crippen LogP contribution in [0.2, 0.25) is 0 Å². The zero-order valence-corrected chi connectivity index (χ0v) is 13.4. The minimum Gasteiger partial charge on any atom is -0.381 e. The number of hydrogen-bond donors (Lipinski definition) is 0. The van der Waals surface area contributed by atoms with Crippen LogP contribution in [0.4, 0.5) is 0 Å². The number of aryl methyl sites for hydroxylation is 1. The van der Waals surface area contributed by atoms with E-state index in [9.17, 15) is 0 Å². The second-order valence-corrected chi connectivity index (χ2v) is 6.77. The number of rotatable bonds is 5. The first kappa shape index (κ1) is 14.4. The molecule has 1 heterocycles. The molecule has 1 aliphatic heterocycles. The molecular weight excluding hydrogens is 308 g/mol. The average Bonchev–Trinajstić information content (AvgIpc) is 2.40. The SMILES string of the molecule is Cc1cccc(CSCC2(CBr)CCOCC2)c1. The van der Waals surface area contributed by atoms with Crippen LogP contribution in [0.1, 0.15) is 24.0 Å². The Kier molecular flexibility index (Phi) is 5.58. The predicted octanol–water partition coefficient (Wildman–Crippen LogP) is 4.42. The van der Waals surface area contributed by atoms with Gasteiger partial charge in [0.05, 0.1) is 0 Å². The van der Waals surface area contributed by atoms with Crippen molar-refractivity contribution in [1.82, 2.24) is 0 Å². The van der Waals surface area contributed by atoms with Crippen molar-refractivity contribution >= 4 is 27.7 Å². The summed E-state index contributed by atoms with van der Waals surface area (Å²) in [7, 11) is 0. The third-order valence-electron chi connectivity index (χ3n) is 3.60. The van der Waals surface area contributed by atoms with E-state index in [4.69, 9.17) is 4.74 Å². The first-order valence-corrected chi connectivity index (χ1v) is 8.79. The summed E-state index contributed by atoms with van der Waals surface area (Å²) in [6.07, 6.45) is 2.39. The molecule has 100 valence electrons. The van der Waals surface area contributed by atoms with Gasteiger partial charge in [-0.25, -0.2) is 0 Å². The maximum absolute atomic E-state index is 5.48. The maximum atomic E-state index is 5.48. The van der Waals surface area contributed by atoms with Gasteiger partial charge in [-0.15, -0.1) is 0 Å². The Morgan fingerprint density at radius 1 is 1.33 bits per heavy atom. The van der Waals surface area contributed by atoms with Crippen LogP contribution < -0.4 is 0 Å². The van der Waals surface area contributed by atoms with Crippen molar-refractivity contribution in [2.45, 2.75) is 25.5 Å². The second kappa shape index (κ2) is 6.97. The monoisotopic (exact) mass is 328 g/mol. The molecular formula is C15H21BrOS. The Balaban J connectivity index is 1.83. The van der Waals surface area contributed by atoms with Crippen molar-refractivity contribution < 1.29 is 4.74 Å². The van der Waals surface area contributed by atoms with E-state index in [-0.39, 0.29) is 0 Å². The first-order valence-electron chi connectivity index (χ1n) is 6.51. The van der Waals surface area contributed by atoms with Crippen molar-refractivity contribution in [2.75, 3.05) is 24.3 Å². The molecule has 0 atom stereocenters. The van der Waals surface area contributed by atoms with Gasteiger partial charge in [0.1, 0.15) is 0 Å². The van der Waals surface area contributed by atoms with Gasteiger partial charge >= 0.3 is 0 Å². The summed E-state index contributed by atoms with van der Waals surface area (Å²) in [6.45, 7) is 4.01. The Bertz CT molecular complexity index is 375. The van der Waals surface area contributed by atoms with E-state index in [2.05, 4.69) is 58.9 Å². The number of halogens is 1. The lowest BCUT2D eigenvalue weighted by Crippen LogP contribution is -2.33. The molecule has 0 bridgehead atoms. The highest BCUT2D eigenvalue weighted by molar-refractivity contribution is 9.09. The van der Waals surface area contributed by atoms with Gasteiger partial charge in [0, 0.05) is 30.0 Å². The Morgan fingerprint density at radius 3 is 2.78 bits per heavy atom. The van der Waals surface area contributed by atoms with Crippen LogP contribution in [-0.4, -0.2) is 24.3 Å². The standard InChI is InChI=1S/C15H21BrOS/c1-13-3-2-4-14(9-13)10-18-12-15(11-16)5-7-17-8-6-15/h2-4,9H,5-8,10-12H2,1H3. The lowest BCUT2D eigenvalue weighted by molar-refractivity contribution is 0.0374. The van der Waals surface area contributed by atoms with Gasteiger partial charge in [-0.3, -0.25) is 0 Å². The smallest absolute Gasteiger partial charge is 0.0471 e. The van der Waals surface area contributed by atoms with E-state index in [0.717, 1.165) is 24.3 Å². The van der Waals surface area contributed by atoms with Gasteiger partial charge in [0.15, 0.2) is 0 Å². The van der Waals surface area contributed by atoms with E-state index in [0.29, 0.717) is 5.41 Å². The quantitative estimate of drug-likeness (QED) is 0.740. The molecule has 3 heteroatoms. The molecule has 1 aromatic carbocycles. The lowest BCUT2D eigenvalue weighted by atomic mass is 9.85. The van der Waals surface area contributed by atoms with Gasteiger partial charge in [-0.05, 0) is 30.7 Å². The van der Waals surface area contributed by atoms with Gasteiger partial charge in [-0.1, -0.05) is 45.8 Å². The molecule has 1 aliphatic rings. The summed E-state index contributed by atoms with van der Waals surface area (Å²) in [5.41, 5.74) is 3.25. The predicted molar refractivity (Wildman–Crippen MR) is 83.6 cm³/mol. The highest BCUT2D eigenvalue weighted by Crippen LogP contribution is 2.36. The van der Waals surface area contributed by atoms with Crippen molar-refractivity contribution in [2.24, 2.45) is 5.41 Å². The molecule has 0 N–H and O–H groups in total. The van der Waals surface area contributed by atoms with Crippen LogP contribution >= 0.6 is 27.7 Å². The molecule has 0 amide bonds. The summed E-state index contributed by atoms with van der Waals surface area (Å²) in [5.74, 6) is 2.35. The summed E-state index contributed by atoms with van der Waals surface area (Å²) in [4.78, 5) is 0. The zero-order valence-electron chi connectivity index (χ0n) is 11.0. The molecule has 1 nitrogen and oxygen atoms in total. The van der Waals surface area contributed by atoms with Gasteiger partial charge < -0.3 is 4.74 Å². The van der Waals surface area contributed by atoms with Crippen LogP contribution in [0, 0.1) is 12.3 Å². The van der Waals surface area contributed by atoms with Crippen LogP contribution in [0.15, 0.2) is 24.3 Å². The number of alkyl halides is 1. The zero-order chi connectivity index (χ0) is 12.8. The summed E-state index contributed by atoms with van der Waals surface area (Å²) in [6, 6.07) is 8.83. The molecule has 18 heavy (non-hydrogen) atoms. The molecule has 0 aliphatic carbocycles. The topological polar surface area (TPSA) is 9.23 Å². The lowest BCUT2D eigenvalue weighted by Gasteiger charge is -2.35. The summed E-state index contributed by atoms with van der Waals surface area (Å²) >= 11 is 5.76. The van der Waals surface area contributed by atoms with Gasteiger partial charge in [-0.2, -0.15) is 11.8 Å². The van der Waals surface area contributed by atoms with Crippen LogP contribution in [0.25, 0.3) is 0 Å². The number of benzene rings is 1. The van der Waals surface area contributed by atoms with Gasteiger partial charge in [0.25, 0.3) is 0 Å². The van der Waals surface area contributed by atoms with Crippen molar-refractivity contribution in [1.29, 1.82) is 0 Å². The molecule has 0 spiro atoms. The molecule has 1 fully saturated rings. The molecule has 0 saturated carbocycles. The minimum atomic E-state index is 0.451. The van der Waals surface area contributed by atoms with E-state index in [1.54, 1.807) is 0 Å². The molecule has 1 saturated heterocycles. The van der Waals surface area contributed by atoms with E-state index >= 15 is 0 Å². The van der Waals surface area contributed by atoms with Crippen LogP contribution in [0.5, 0.6) is 0 Å². The second-order valence-electron chi connectivity index (χ2n) is 5.23. The fourth-order valence-electron chi connectivity index (χ4n) is 2.31. The molecule has 1 aromatic rings. The van der Waals surface area contributed by atoms with Crippen molar-refractivity contribution in [3.8, 4) is 0 Å². The highest BCUT2D eigenvalue weighted by atomic mass is 79.9. The normalized spacial score (nSPS) is 18.8. The third kappa shape index (κ3) is 4.01. The summed E-state index contributed by atoms with van der Waals surface area (Å²) in [5, 5.41) is 1.10. The van der Waals surface area contributed by atoms with Crippen molar-refractivity contribution in [3.63, 3.8) is 0 Å². The van der Waals surface area contributed by atoms with Gasteiger partial charge in [0.2, 0.25) is 0 Å². The van der Waals surface area contributed by atoms with Crippen LogP contribution in [0.3, 0.4) is 0 Å². The Labute approximate surface area is 123 Å².